The molecule has 2 heterocycles. The minimum atomic E-state index is 0.318. The molecular weight excluding hydrogens is 230 g/mol. The van der Waals surface area contributed by atoms with E-state index in [-0.39, 0.29) is 0 Å². The summed E-state index contributed by atoms with van der Waals surface area (Å²) in [6.45, 7) is 8.08. The molecule has 2 rings (SSSR count). The number of likely N-dealkylation sites (N-methyl/N-ethyl adjacent to an activating group) is 1. The first kappa shape index (κ1) is 13.5. The number of nitrogens with one attached hydrogen (secondary N) is 1. The maximum atomic E-state index is 5.73. The number of hydrogen-bond acceptors (Lipinski definition) is 5. The van der Waals surface area contributed by atoms with E-state index in [0.29, 0.717) is 6.10 Å². The van der Waals surface area contributed by atoms with Gasteiger partial charge in [0, 0.05) is 39.6 Å². The molecule has 1 N–H and O–H groups in total. The van der Waals surface area contributed by atoms with Crippen LogP contribution in [0.2, 0.25) is 0 Å². The third-order valence-corrected chi connectivity index (χ3v) is 3.37. The van der Waals surface area contributed by atoms with Crippen LogP contribution in [0.3, 0.4) is 0 Å². The Kier molecular flexibility index (Phi) is 5.10. The van der Waals surface area contributed by atoms with Crippen LogP contribution in [0.4, 0.5) is 0 Å². The molecule has 1 aromatic heterocycles. The van der Waals surface area contributed by atoms with Crippen molar-refractivity contribution >= 4 is 0 Å². The lowest BCUT2D eigenvalue weighted by Crippen LogP contribution is -2.46. The van der Waals surface area contributed by atoms with Crippen LogP contribution in [0.5, 0.6) is 0 Å². The molecule has 0 saturated carbocycles. The van der Waals surface area contributed by atoms with Gasteiger partial charge in [-0.15, -0.1) is 10.2 Å². The highest BCUT2D eigenvalue weighted by Crippen LogP contribution is 2.03. The largest absolute Gasteiger partial charge is 0.374 e. The van der Waals surface area contributed by atoms with Crippen molar-refractivity contribution in [1.29, 1.82) is 0 Å². The lowest BCUT2D eigenvalue weighted by molar-refractivity contribution is -0.0251. The molecule has 0 bridgehead atoms. The van der Waals surface area contributed by atoms with Crippen molar-refractivity contribution < 1.29 is 4.74 Å². The number of rotatable bonds is 6. The van der Waals surface area contributed by atoms with Crippen molar-refractivity contribution in [2.45, 2.75) is 19.4 Å². The van der Waals surface area contributed by atoms with Crippen LogP contribution in [0, 0.1) is 0 Å². The van der Waals surface area contributed by atoms with Crippen molar-refractivity contribution in [3.63, 3.8) is 0 Å². The second-order valence-corrected chi connectivity index (χ2v) is 4.70. The highest BCUT2D eigenvalue weighted by molar-refractivity contribution is 4.85. The Morgan fingerprint density at radius 1 is 1.56 bits per heavy atom. The fraction of sp³-hybridized carbons (Fsp3) is 0.833. The molecule has 1 saturated heterocycles. The van der Waals surface area contributed by atoms with Crippen LogP contribution < -0.4 is 5.32 Å². The van der Waals surface area contributed by atoms with Gasteiger partial charge in [0.2, 0.25) is 0 Å². The number of aromatic nitrogens is 3. The summed E-state index contributed by atoms with van der Waals surface area (Å²) in [6.07, 6.45) is 2.96. The fourth-order valence-corrected chi connectivity index (χ4v) is 2.19. The maximum Gasteiger partial charge on any atom is 0.133 e. The quantitative estimate of drug-likeness (QED) is 0.704. The molecule has 6 heteroatoms. The number of hydrogen-bond donors (Lipinski definition) is 1. The molecule has 1 aliphatic heterocycles. The molecular formula is C12H23N5O. The van der Waals surface area contributed by atoms with Crippen LogP contribution in [0.15, 0.2) is 6.33 Å². The average molecular weight is 253 g/mol. The second-order valence-electron chi connectivity index (χ2n) is 4.70. The van der Waals surface area contributed by atoms with Crippen molar-refractivity contribution in [3.05, 3.63) is 12.2 Å². The first-order valence-corrected chi connectivity index (χ1v) is 6.67. The van der Waals surface area contributed by atoms with E-state index in [0.717, 1.165) is 51.6 Å². The first-order chi connectivity index (χ1) is 8.79. The summed E-state index contributed by atoms with van der Waals surface area (Å²) in [6, 6.07) is 0. The van der Waals surface area contributed by atoms with E-state index < -0.39 is 0 Å². The molecule has 0 aliphatic carbocycles. The predicted octanol–water partition coefficient (Wildman–Crippen LogP) is -0.332. The highest BCUT2D eigenvalue weighted by Gasteiger charge is 2.18. The topological polar surface area (TPSA) is 55.2 Å². The van der Waals surface area contributed by atoms with E-state index in [4.69, 9.17) is 4.74 Å². The zero-order valence-corrected chi connectivity index (χ0v) is 11.3. The summed E-state index contributed by atoms with van der Waals surface area (Å²) in [5, 5.41) is 11.4. The SMILES string of the molecule is CCN1CCOC(CNCCc2nncn2C)C1. The first-order valence-electron chi connectivity index (χ1n) is 6.67. The Hall–Kier alpha value is -0.980. The van der Waals surface area contributed by atoms with Gasteiger partial charge in [-0.25, -0.2) is 0 Å². The molecule has 0 radical (unpaired) electrons. The molecule has 102 valence electrons. The fourth-order valence-electron chi connectivity index (χ4n) is 2.19. The normalized spacial score (nSPS) is 21.3. The number of nitrogens with zero attached hydrogens (tertiary/aromatic N) is 4. The molecule has 1 unspecified atom stereocenters. The van der Waals surface area contributed by atoms with Gasteiger partial charge >= 0.3 is 0 Å². The Labute approximate surface area is 108 Å². The van der Waals surface area contributed by atoms with Gasteiger partial charge in [0.15, 0.2) is 0 Å². The van der Waals surface area contributed by atoms with Gasteiger partial charge in [-0.1, -0.05) is 6.92 Å². The predicted molar refractivity (Wildman–Crippen MR) is 69.4 cm³/mol. The highest BCUT2D eigenvalue weighted by atomic mass is 16.5. The van der Waals surface area contributed by atoms with Gasteiger partial charge in [-0.05, 0) is 6.54 Å². The standard InChI is InChI=1S/C12H23N5O/c1-3-17-6-7-18-11(9-17)8-13-5-4-12-15-14-10-16(12)2/h10-11,13H,3-9H2,1-2H3. The molecule has 0 aromatic carbocycles. The van der Waals surface area contributed by atoms with Gasteiger partial charge in [-0.3, -0.25) is 4.90 Å². The van der Waals surface area contributed by atoms with E-state index >= 15 is 0 Å². The molecule has 0 spiro atoms. The molecule has 1 aliphatic rings. The number of aryl methyl sites for hydroxylation is 1. The van der Waals surface area contributed by atoms with E-state index in [1.54, 1.807) is 6.33 Å². The summed E-state index contributed by atoms with van der Waals surface area (Å²) >= 11 is 0. The van der Waals surface area contributed by atoms with Gasteiger partial charge < -0.3 is 14.6 Å². The summed E-state index contributed by atoms with van der Waals surface area (Å²) in [5.41, 5.74) is 0. The number of ether oxygens (including phenoxy) is 1. The zero-order chi connectivity index (χ0) is 12.8. The van der Waals surface area contributed by atoms with E-state index in [2.05, 4.69) is 27.3 Å². The van der Waals surface area contributed by atoms with Crippen molar-refractivity contribution in [1.82, 2.24) is 25.0 Å². The Morgan fingerprint density at radius 2 is 2.44 bits per heavy atom. The summed E-state index contributed by atoms with van der Waals surface area (Å²) in [5.74, 6) is 1.02. The van der Waals surface area contributed by atoms with E-state index in [1.807, 2.05) is 11.6 Å². The minimum absolute atomic E-state index is 0.318. The maximum absolute atomic E-state index is 5.73. The minimum Gasteiger partial charge on any atom is -0.374 e. The summed E-state index contributed by atoms with van der Waals surface area (Å²) in [4.78, 5) is 2.43. The van der Waals surface area contributed by atoms with Gasteiger partial charge in [0.1, 0.15) is 12.2 Å². The molecule has 1 aromatic rings. The lowest BCUT2D eigenvalue weighted by Gasteiger charge is -2.32. The lowest BCUT2D eigenvalue weighted by atomic mass is 10.2. The zero-order valence-electron chi connectivity index (χ0n) is 11.3. The smallest absolute Gasteiger partial charge is 0.133 e. The van der Waals surface area contributed by atoms with Crippen molar-refractivity contribution in [2.75, 3.05) is 39.3 Å². The Bertz CT molecular complexity index is 354. The second kappa shape index (κ2) is 6.82. The van der Waals surface area contributed by atoms with Gasteiger partial charge in [0.25, 0.3) is 0 Å². The van der Waals surface area contributed by atoms with Crippen LogP contribution in [-0.2, 0) is 18.2 Å². The van der Waals surface area contributed by atoms with Crippen LogP contribution in [0.1, 0.15) is 12.7 Å². The van der Waals surface area contributed by atoms with Crippen LogP contribution in [0.25, 0.3) is 0 Å². The van der Waals surface area contributed by atoms with Gasteiger partial charge in [0.05, 0.1) is 12.7 Å². The summed E-state index contributed by atoms with van der Waals surface area (Å²) < 4.78 is 7.69. The average Bonchev–Trinajstić information content (AvgIpc) is 2.81. The van der Waals surface area contributed by atoms with Crippen LogP contribution >= 0.6 is 0 Å². The van der Waals surface area contributed by atoms with Crippen LogP contribution in [-0.4, -0.2) is 65.1 Å². The van der Waals surface area contributed by atoms with Gasteiger partial charge in [-0.2, -0.15) is 0 Å². The number of morpholine rings is 1. The molecule has 6 nitrogen and oxygen atoms in total. The van der Waals surface area contributed by atoms with Crippen molar-refractivity contribution in [2.24, 2.45) is 7.05 Å². The molecule has 1 fully saturated rings. The molecule has 1 atom stereocenters. The third-order valence-electron chi connectivity index (χ3n) is 3.37. The Balaban J connectivity index is 1.62. The summed E-state index contributed by atoms with van der Waals surface area (Å²) in [7, 11) is 1.97. The van der Waals surface area contributed by atoms with E-state index in [1.165, 1.54) is 0 Å². The van der Waals surface area contributed by atoms with Crippen molar-refractivity contribution in [3.8, 4) is 0 Å². The third kappa shape index (κ3) is 3.76. The monoisotopic (exact) mass is 253 g/mol. The van der Waals surface area contributed by atoms with E-state index in [9.17, 15) is 0 Å². The molecule has 0 amide bonds. The Morgan fingerprint density at radius 3 is 3.17 bits per heavy atom. The molecule has 18 heavy (non-hydrogen) atoms.